The number of benzene rings is 7. The quantitative estimate of drug-likeness (QED) is 0.119. The average molecular weight is 787 g/mol. The molecule has 0 atom stereocenters. The molecule has 4 nitrogen and oxygen atoms in total. The first kappa shape index (κ1) is 35.8. The Bertz CT molecular complexity index is 3120. The summed E-state index contributed by atoms with van der Waals surface area (Å²) in [5, 5.41) is 7.71. The lowest BCUT2D eigenvalue weighted by molar-refractivity contribution is 0.638. The maximum atomic E-state index is 5.04. The standard InChI is InChI=1S/C55H42N4Si/c1-55(2)46-27-12-13-29-48(46)58(40-20-6-3-7-21-40)50-34-33-49-53(54(50)55)45-32-31-44(38-51(45)59(49)52-30-15-17-36-57-52)60(41-22-8-4-9-23-41,42-24-10-5-11-25-42)43-26-18-19-39(37-43)47-28-14-16-35-56-47/h3-38H,1-2H3. The third-order valence-electron chi connectivity index (χ3n) is 12.6. The largest absolute Gasteiger partial charge is 0.310 e. The van der Waals surface area contributed by atoms with Crippen LogP contribution in [0.15, 0.2) is 219 Å². The summed E-state index contributed by atoms with van der Waals surface area (Å²) in [6.07, 6.45) is 3.78. The third-order valence-corrected chi connectivity index (χ3v) is 17.3. The van der Waals surface area contributed by atoms with Crippen molar-refractivity contribution in [3.8, 4) is 17.1 Å². The van der Waals surface area contributed by atoms with Gasteiger partial charge >= 0.3 is 0 Å². The summed E-state index contributed by atoms with van der Waals surface area (Å²) in [6, 6.07) is 75.5. The number of anilines is 3. The molecule has 286 valence electrons. The van der Waals surface area contributed by atoms with Crippen LogP contribution in [0.4, 0.5) is 17.1 Å². The van der Waals surface area contributed by atoms with Crippen molar-refractivity contribution < 1.29 is 0 Å². The Kier molecular flexibility index (Phi) is 8.46. The third kappa shape index (κ3) is 5.43. The highest BCUT2D eigenvalue weighted by Gasteiger charge is 2.43. The molecule has 0 bridgehead atoms. The fourth-order valence-corrected chi connectivity index (χ4v) is 14.8. The molecule has 0 N–H and O–H groups in total. The Morgan fingerprint density at radius 3 is 1.80 bits per heavy atom. The number of hydrogen-bond acceptors (Lipinski definition) is 3. The second-order valence-corrected chi connectivity index (χ2v) is 20.0. The fraction of sp³-hybridized carbons (Fsp3) is 0.0545. The summed E-state index contributed by atoms with van der Waals surface area (Å²) in [5.41, 5.74) is 10.2. The number of para-hydroxylation sites is 2. The molecule has 0 saturated carbocycles. The molecule has 0 radical (unpaired) electrons. The predicted molar refractivity (Wildman–Crippen MR) is 252 cm³/mol. The van der Waals surface area contributed by atoms with E-state index in [1.807, 2.05) is 24.5 Å². The molecule has 5 heteroatoms. The van der Waals surface area contributed by atoms with Gasteiger partial charge in [-0.25, -0.2) is 4.98 Å². The Morgan fingerprint density at radius 2 is 1.10 bits per heavy atom. The molecule has 1 aliphatic heterocycles. The van der Waals surface area contributed by atoms with Crippen LogP contribution in [-0.2, 0) is 5.41 Å². The van der Waals surface area contributed by atoms with Crippen LogP contribution in [0.5, 0.6) is 0 Å². The Morgan fingerprint density at radius 1 is 0.467 bits per heavy atom. The van der Waals surface area contributed by atoms with Gasteiger partial charge in [0.25, 0.3) is 0 Å². The van der Waals surface area contributed by atoms with Crippen molar-refractivity contribution in [3.05, 3.63) is 230 Å². The van der Waals surface area contributed by atoms with Crippen LogP contribution in [0.2, 0.25) is 0 Å². The summed E-state index contributed by atoms with van der Waals surface area (Å²) in [5.74, 6) is 0.896. The molecule has 7 aromatic carbocycles. The minimum atomic E-state index is -2.98. The summed E-state index contributed by atoms with van der Waals surface area (Å²) in [4.78, 5) is 12.3. The van der Waals surface area contributed by atoms with Crippen molar-refractivity contribution in [2.75, 3.05) is 4.90 Å². The zero-order chi connectivity index (χ0) is 40.3. The highest BCUT2D eigenvalue weighted by molar-refractivity contribution is 7.20. The summed E-state index contributed by atoms with van der Waals surface area (Å²) < 4.78 is 2.40. The summed E-state index contributed by atoms with van der Waals surface area (Å²) in [6.45, 7) is 4.78. The molecular formula is C55H42N4Si. The van der Waals surface area contributed by atoms with Crippen LogP contribution in [0.3, 0.4) is 0 Å². The van der Waals surface area contributed by atoms with E-state index in [1.54, 1.807) is 0 Å². The topological polar surface area (TPSA) is 34.0 Å². The van der Waals surface area contributed by atoms with Crippen molar-refractivity contribution in [2.24, 2.45) is 0 Å². The number of pyridine rings is 2. The monoisotopic (exact) mass is 786 g/mol. The molecule has 11 rings (SSSR count). The second-order valence-electron chi connectivity index (χ2n) is 16.2. The SMILES string of the molecule is CC1(C)c2ccccc2N(c2ccccc2)c2ccc3c(c21)c1ccc([Si](c2ccccc2)(c2ccccc2)c2cccc(-c4ccccn4)c2)cc1n3-c1ccccn1. The van der Waals surface area contributed by atoms with Gasteiger partial charge in [-0.15, -0.1) is 0 Å². The van der Waals surface area contributed by atoms with E-state index < -0.39 is 8.07 Å². The minimum absolute atomic E-state index is 0.308. The number of rotatable bonds is 7. The zero-order valence-electron chi connectivity index (χ0n) is 33.6. The molecule has 4 heterocycles. The van der Waals surface area contributed by atoms with E-state index >= 15 is 0 Å². The van der Waals surface area contributed by atoms with Gasteiger partial charge in [0, 0.05) is 39.8 Å². The normalized spacial score (nSPS) is 13.3. The van der Waals surface area contributed by atoms with Crippen LogP contribution < -0.4 is 25.6 Å². The van der Waals surface area contributed by atoms with Crippen molar-refractivity contribution in [2.45, 2.75) is 19.3 Å². The molecule has 0 spiro atoms. The van der Waals surface area contributed by atoms with Gasteiger partial charge in [0.15, 0.2) is 8.07 Å². The van der Waals surface area contributed by atoms with Crippen LogP contribution in [0.25, 0.3) is 38.9 Å². The van der Waals surface area contributed by atoms with Gasteiger partial charge < -0.3 is 4.90 Å². The van der Waals surface area contributed by atoms with Crippen molar-refractivity contribution in [3.63, 3.8) is 0 Å². The molecule has 0 unspecified atom stereocenters. The van der Waals surface area contributed by atoms with Gasteiger partial charge in [-0.2, -0.15) is 0 Å². The second kappa shape index (κ2) is 14.2. The molecule has 1 aliphatic rings. The lowest BCUT2D eigenvalue weighted by atomic mass is 9.72. The molecule has 0 fully saturated rings. The molecule has 10 aromatic rings. The van der Waals surface area contributed by atoms with Crippen LogP contribution in [0.1, 0.15) is 25.0 Å². The molecular weight excluding hydrogens is 745 g/mol. The highest BCUT2D eigenvalue weighted by Crippen LogP contribution is 2.55. The van der Waals surface area contributed by atoms with Crippen LogP contribution in [-0.4, -0.2) is 22.6 Å². The van der Waals surface area contributed by atoms with E-state index in [9.17, 15) is 0 Å². The summed E-state index contributed by atoms with van der Waals surface area (Å²) in [7, 11) is -2.98. The van der Waals surface area contributed by atoms with E-state index in [1.165, 1.54) is 54.0 Å². The van der Waals surface area contributed by atoms with Crippen molar-refractivity contribution >= 4 is 67.7 Å². The lowest BCUT2D eigenvalue weighted by Crippen LogP contribution is -2.74. The summed E-state index contributed by atoms with van der Waals surface area (Å²) >= 11 is 0. The van der Waals surface area contributed by atoms with Gasteiger partial charge in [-0.05, 0) is 92.5 Å². The number of nitrogens with zero attached hydrogens (tertiary/aromatic N) is 4. The van der Waals surface area contributed by atoms with E-state index in [0.29, 0.717) is 0 Å². The Hall–Kier alpha value is -7.34. The van der Waals surface area contributed by atoms with Crippen molar-refractivity contribution in [1.29, 1.82) is 0 Å². The smallest absolute Gasteiger partial charge is 0.179 e. The van der Waals surface area contributed by atoms with Gasteiger partial charge in [-0.1, -0.05) is 159 Å². The predicted octanol–water partition coefficient (Wildman–Crippen LogP) is 10.7. The first-order chi connectivity index (χ1) is 29.5. The van der Waals surface area contributed by atoms with Gasteiger partial charge in [0.2, 0.25) is 0 Å². The van der Waals surface area contributed by atoms with Crippen molar-refractivity contribution in [1.82, 2.24) is 14.5 Å². The van der Waals surface area contributed by atoms with Crippen LogP contribution in [0, 0.1) is 0 Å². The number of fused-ring (bicyclic) bond motifs is 6. The number of hydrogen-bond donors (Lipinski definition) is 0. The molecule has 0 aliphatic carbocycles. The highest BCUT2D eigenvalue weighted by atomic mass is 28.3. The minimum Gasteiger partial charge on any atom is -0.310 e. The first-order valence-corrected chi connectivity index (χ1v) is 22.7. The maximum absolute atomic E-state index is 5.04. The zero-order valence-corrected chi connectivity index (χ0v) is 34.6. The molecule has 0 saturated heterocycles. The first-order valence-electron chi connectivity index (χ1n) is 20.7. The van der Waals surface area contributed by atoms with E-state index in [4.69, 9.17) is 9.97 Å². The molecule has 60 heavy (non-hydrogen) atoms. The van der Waals surface area contributed by atoms with E-state index in [-0.39, 0.29) is 5.41 Å². The lowest BCUT2D eigenvalue weighted by Gasteiger charge is -2.42. The Labute approximate surface area is 351 Å². The van der Waals surface area contributed by atoms with E-state index in [2.05, 4.69) is 217 Å². The Balaban J connectivity index is 1.26. The number of aromatic nitrogens is 3. The van der Waals surface area contributed by atoms with E-state index in [0.717, 1.165) is 33.8 Å². The van der Waals surface area contributed by atoms with Crippen LogP contribution >= 0.6 is 0 Å². The maximum Gasteiger partial charge on any atom is 0.179 e. The van der Waals surface area contributed by atoms with Gasteiger partial charge in [0.05, 0.1) is 28.1 Å². The average Bonchev–Trinajstić information content (AvgIpc) is 3.65. The molecule has 3 aromatic heterocycles. The van der Waals surface area contributed by atoms with Gasteiger partial charge in [-0.3, -0.25) is 9.55 Å². The van der Waals surface area contributed by atoms with Gasteiger partial charge in [0.1, 0.15) is 5.82 Å². The molecule has 0 amide bonds. The fourth-order valence-electron chi connectivity index (χ4n) is 10.0.